The SMILES string of the molecule is C=C=CCCC(C)O[Si](C)(C)C(C)(C)C. The highest BCUT2D eigenvalue weighted by molar-refractivity contribution is 6.74. The minimum atomic E-state index is -1.58. The van der Waals surface area contributed by atoms with Gasteiger partial charge in [-0.2, -0.15) is 0 Å². The molecule has 1 unspecified atom stereocenters. The Labute approximate surface area is 96.4 Å². The lowest BCUT2D eigenvalue weighted by atomic mass is 10.2. The topological polar surface area (TPSA) is 9.23 Å². The number of allylic oxidation sites excluding steroid dienone is 1. The molecule has 0 aromatic rings. The van der Waals surface area contributed by atoms with Crippen LogP contribution in [0.5, 0.6) is 0 Å². The summed E-state index contributed by atoms with van der Waals surface area (Å²) < 4.78 is 6.22. The maximum atomic E-state index is 6.22. The van der Waals surface area contributed by atoms with Crippen LogP contribution in [0.2, 0.25) is 18.1 Å². The van der Waals surface area contributed by atoms with E-state index in [1.807, 2.05) is 6.08 Å². The van der Waals surface area contributed by atoms with Gasteiger partial charge in [0.15, 0.2) is 8.32 Å². The van der Waals surface area contributed by atoms with Gasteiger partial charge in [0.05, 0.1) is 0 Å². The molecule has 0 spiro atoms. The van der Waals surface area contributed by atoms with E-state index in [2.05, 4.69) is 53.1 Å². The summed E-state index contributed by atoms with van der Waals surface area (Å²) in [6, 6.07) is 0. The zero-order valence-electron chi connectivity index (χ0n) is 11.2. The number of rotatable bonds is 5. The van der Waals surface area contributed by atoms with Crippen LogP contribution in [0, 0.1) is 0 Å². The Balaban J connectivity index is 4.16. The minimum Gasteiger partial charge on any atom is -0.414 e. The molecule has 0 aliphatic rings. The van der Waals surface area contributed by atoms with Crippen LogP contribution in [0.25, 0.3) is 0 Å². The van der Waals surface area contributed by atoms with E-state index in [4.69, 9.17) is 4.43 Å². The quantitative estimate of drug-likeness (QED) is 0.495. The summed E-state index contributed by atoms with van der Waals surface area (Å²) in [4.78, 5) is 0. The average Bonchev–Trinajstić information content (AvgIpc) is 2.01. The molecule has 0 amide bonds. The zero-order chi connectivity index (χ0) is 12.1. The molecule has 0 saturated heterocycles. The van der Waals surface area contributed by atoms with Gasteiger partial charge >= 0.3 is 0 Å². The van der Waals surface area contributed by atoms with Gasteiger partial charge in [-0.05, 0) is 44.0 Å². The van der Waals surface area contributed by atoms with Crippen molar-refractivity contribution in [2.24, 2.45) is 0 Å². The fraction of sp³-hybridized carbons (Fsp3) is 0.769. The Kier molecular flexibility index (Phi) is 5.58. The Morgan fingerprint density at radius 2 is 1.93 bits per heavy atom. The number of hydrogen-bond donors (Lipinski definition) is 0. The van der Waals surface area contributed by atoms with Crippen molar-refractivity contribution in [1.29, 1.82) is 0 Å². The summed E-state index contributed by atoms with van der Waals surface area (Å²) >= 11 is 0. The second-order valence-electron chi connectivity index (χ2n) is 5.67. The maximum Gasteiger partial charge on any atom is 0.192 e. The Bertz CT molecular complexity index is 231. The van der Waals surface area contributed by atoms with Gasteiger partial charge in [0, 0.05) is 6.10 Å². The van der Waals surface area contributed by atoms with E-state index in [0.29, 0.717) is 11.1 Å². The lowest BCUT2D eigenvalue weighted by molar-refractivity contribution is 0.190. The van der Waals surface area contributed by atoms with Crippen molar-refractivity contribution in [3.05, 3.63) is 18.4 Å². The molecule has 0 aliphatic heterocycles. The molecule has 0 aromatic carbocycles. The zero-order valence-corrected chi connectivity index (χ0v) is 12.2. The molecule has 0 rings (SSSR count). The first-order chi connectivity index (χ1) is 6.70. The Morgan fingerprint density at radius 1 is 1.40 bits per heavy atom. The molecule has 0 heterocycles. The normalized spacial score (nSPS) is 14.5. The van der Waals surface area contributed by atoms with Crippen molar-refractivity contribution in [3.63, 3.8) is 0 Å². The molecule has 0 fully saturated rings. The monoisotopic (exact) mass is 226 g/mol. The highest BCUT2D eigenvalue weighted by Crippen LogP contribution is 2.37. The van der Waals surface area contributed by atoms with Crippen molar-refractivity contribution in [1.82, 2.24) is 0 Å². The van der Waals surface area contributed by atoms with Crippen LogP contribution in [0.15, 0.2) is 18.4 Å². The van der Waals surface area contributed by atoms with Crippen LogP contribution < -0.4 is 0 Å². The standard InChI is InChI=1S/C13H26OSi/c1-8-9-10-11-12(2)14-15(6,7)13(3,4)5/h9,12H,1,10-11H2,2-7H3. The fourth-order valence-electron chi connectivity index (χ4n) is 1.16. The van der Waals surface area contributed by atoms with Gasteiger partial charge < -0.3 is 4.43 Å². The van der Waals surface area contributed by atoms with Gasteiger partial charge in [0.1, 0.15) is 0 Å². The summed E-state index contributed by atoms with van der Waals surface area (Å²) in [7, 11) is -1.58. The largest absolute Gasteiger partial charge is 0.414 e. The lowest BCUT2D eigenvalue weighted by Crippen LogP contribution is -2.43. The molecule has 88 valence electrons. The lowest BCUT2D eigenvalue weighted by Gasteiger charge is -2.38. The first kappa shape index (κ1) is 14.7. The van der Waals surface area contributed by atoms with E-state index in [0.717, 1.165) is 12.8 Å². The molecule has 2 heteroatoms. The van der Waals surface area contributed by atoms with Crippen LogP contribution >= 0.6 is 0 Å². The first-order valence-corrected chi connectivity index (χ1v) is 8.63. The third-order valence-electron chi connectivity index (χ3n) is 3.16. The minimum absolute atomic E-state index is 0.301. The van der Waals surface area contributed by atoms with Gasteiger partial charge in [-0.3, -0.25) is 0 Å². The summed E-state index contributed by atoms with van der Waals surface area (Å²) in [5.41, 5.74) is 2.80. The second kappa shape index (κ2) is 5.69. The van der Waals surface area contributed by atoms with Gasteiger partial charge in [0.2, 0.25) is 0 Å². The summed E-state index contributed by atoms with van der Waals surface area (Å²) in [6.45, 7) is 17.1. The molecular formula is C13H26OSi. The van der Waals surface area contributed by atoms with Gasteiger partial charge in [-0.1, -0.05) is 27.4 Å². The molecule has 0 aliphatic carbocycles. The van der Waals surface area contributed by atoms with Crippen LogP contribution in [-0.2, 0) is 4.43 Å². The van der Waals surface area contributed by atoms with Gasteiger partial charge in [0.25, 0.3) is 0 Å². The Hall–Kier alpha value is -0.303. The van der Waals surface area contributed by atoms with Crippen LogP contribution in [0.3, 0.4) is 0 Å². The van der Waals surface area contributed by atoms with E-state index in [9.17, 15) is 0 Å². The average molecular weight is 226 g/mol. The molecule has 0 radical (unpaired) electrons. The van der Waals surface area contributed by atoms with Crippen molar-refractivity contribution in [2.45, 2.75) is 64.8 Å². The van der Waals surface area contributed by atoms with E-state index < -0.39 is 8.32 Å². The summed E-state index contributed by atoms with van der Waals surface area (Å²) in [5, 5.41) is 0.301. The van der Waals surface area contributed by atoms with E-state index in [1.54, 1.807) is 0 Å². The van der Waals surface area contributed by atoms with Gasteiger partial charge in [-0.15, -0.1) is 5.73 Å². The van der Waals surface area contributed by atoms with Crippen molar-refractivity contribution in [2.75, 3.05) is 0 Å². The number of hydrogen-bond acceptors (Lipinski definition) is 1. The first-order valence-electron chi connectivity index (χ1n) is 5.73. The molecule has 0 aromatic heterocycles. The van der Waals surface area contributed by atoms with E-state index in [1.165, 1.54) is 0 Å². The molecule has 1 nitrogen and oxygen atoms in total. The predicted octanol–water partition coefficient (Wildman–Crippen LogP) is 4.52. The third-order valence-corrected chi connectivity index (χ3v) is 7.77. The molecule has 0 N–H and O–H groups in total. The van der Waals surface area contributed by atoms with Crippen molar-refractivity contribution in [3.8, 4) is 0 Å². The Morgan fingerprint density at radius 3 is 2.33 bits per heavy atom. The van der Waals surface area contributed by atoms with Crippen LogP contribution in [0.1, 0.15) is 40.5 Å². The highest BCUT2D eigenvalue weighted by Gasteiger charge is 2.38. The molecule has 0 bridgehead atoms. The van der Waals surface area contributed by atoms with Crippen molar-refractivity contribution < 1.29 is 4.43 Å². The summed E-state index contributed by atoms with van der Waals surface area (Å²) in [5.74, 6) is 0. The summed E-state index contributed by atoms with van der Waals surface area (Å²) in [6.07, 6.45) is 4.40. The van der Waals surface area contributed by atoms with Crippen LogP contribution in [0.4, 0.5) is 0 Å². The predicted molar refractivity (Wildman–Crippen MR) is 70.7 cm³/mol. The van der Waals surface area contributed by atoms with Gasteiger partial charge in [-0.25, -0.2) is 0 Å². The van der Waals surface area contributed by atoms with Crippen LogP contribution in [-0.4, -0.2) is 14.4 Å². The van der Waals surface area contributed by atoms with E-state index >= 15 is 0 Å². The molecular weight excluding hydrogens is 200 g/mol. The maximum absolute atomic E-state index is 6.22. The molecule has 15 heavy (non-hydrogen) atoms. The highest BCUT2D eigenvalue weighted by atomic mass is 28.4. The smallest absolute Gasteiger partial charge is 0.192 e. The second-order valence-corrected chi connectivity index (χ2v) is 10.4. The fourth-order valence-corrected chi connectivity index (χ4v) is 2.64. The van der Waals surface area contributed by atoms with E-state index in [-0.39, 0.29) is 0 Å². The molecule has 1 atom stereocenters. The van der Waals surface area contributed by atoms with Crippen molar-refractivity contribution >= 4 is 8.32 Å². The third kappa shape index (κ3) is 5.36. The molecule has 0 saturated carbocycles.